The van der Waals surface area contributed by atoms with Crippen molar-refractivity contribution in [2.75, 3.05) is 31.1 Å². The molecule has 0 radical (unpaired) electrons. The summed E-state index contributed by atoms with van der Waals surface area (Å²) in [5.41, 5.74) is 2.52. The molecule has 1 aromatic carbocycles. The van der Waals surface area contributed by atoms with Crippen LogP contribution in [0.4, 0.5) is 5.82 Å². The molecule has 1 amide bonds. The minimum atomic E-state index is 0.158. The van der Waals surface area contributed by atoms with Gasteiger partial charge in [0, 0.05) is 43.5 Å². The fourth-order valence-corrected chi connectivity index (χ4v) is 5.57. The second-order valence-electron chi connectivity index (χ2n) is 7.62. The predicted octanol–water partition coefficient (Wildman–Crippen LogP) is 3.91. The lowest BCUT2D eigenvalue weighted by Gasteiger charge is -2.35. The number of hydrogen-bond donors (Lipinski definition) is 0. The van der Waals surface area contributed by atoms with E-state index in [1.807, 2.05) is 34.4 Å². The molecule has 5 rings (SSSR count). The zero-order valence-corrected chi connectivity index (χ0v) is 17.0. The number of fused-ring (bicyclic) bond motifs is 3. The number of hydrogen-bond acceptors (Lipinski definition) is 5. The molecule has 6 heteroatoms. The predicted molar refractivity (Wildman–Crippen MR) is 114 cm³/mol. The summed E-state index contributed by atoms with van der Waals surface area (Å²) in [5.74, 6) is 2.02. The molecule has 2 aliphatic rings. The third-order valence-corrected chi connectivity index (χ3v) is 7.04. The number of nitrogens with zero attached hydrogens (tertiary/aromatic N) is 4. The molecule has 1 aliphatic heterocycles. The number of amides is 1. The van der Waals surface area contributed by atoms with Crippen molar-refractivity contribution in [3.8, 4) is 11.4 Å². The molecule has 144 valence electrons. The number of piperazine rings is 1. The maximum absolute atomic E-state index is 11.7. The van der Waals surface area contributed by atoms with Crippen molar-refractivity contribution in [2.24, 2.45) is 0 Å². The Morgan fingerprint density at radius 3 is 2.50 bits per heavy atom. The number of carbonyl (C=O) groups is 1. The molecule has 3 aromatic rings. The van der Waals surface area contributed by atoms with E-state index in [1.165, 1.54) is 28.7 Å². The second-order valence-corrected chi connectivity index (χ2v) is 8.70. The molecular weight excluding hydrogens is 368 g/mol. The standard InChI is InChI=1S/C22H24N4OS/c1-15(27)25-11-13-26(14-12-25)21-19-17-9-5-6-10-18(17)28-22(19)24-20(23-21)16-7-3-2-4-8-16/h2-4,7-8H,5-6,9-14H2,1H3. The van der Waals surface area contributed by atoms with E-state index in [0.717, 1.165) is 61.1 Å². The van der Waals surface area contributed by atoms with Gasteiger partial charge in [-0.3, -0.25) is 4.79 Å². The Morgan fingerprint density at radius 2 is 1.75 bits per heavy atom. The smallest absolute Gasteiger partial charge is 0.219 e. The van der Waals surface area contributed by atoms with Gasteiger partial charge in [-0.2, -0.15) is 0 Å². The van der Waals surface area contributed by atoms with Gasteiger partial charge in [0.15, 0.2) is 5.82 Å². The molecule has 1 saturated heterocycles. The summed E-state index contributed by atoms with van der Waals surface area (Å²) < 4.78 is 0. The van der Waals surface area contributed by atoms with E-state index < -0.39 is 0 Å². The zero-order chi connectivity index (χ0) is 19.1. The van der Waals surface area contributed by atoms with Crippen LogP contribution in [-0.2, 0) is 17.6 Å². The first-order valence-corrected chi connectivity index (χ1v) is 10.9. The van der Waals surface area contributed by atoms with Crippen LogP contribution in [0.1, 0.15) is 30.2 Å². The van der Waals surface area contributed by atoms with Crippen molar-refractivity contribution >= 4 is 33.3 Å². The van der Waals surface area contributed by atoms with Gasteiger partial charge in [0.1, 0.15) is 10.6 Å². The SMILES string of the molecule is CC(=O)N1CCN(c2nc(-c3ccccc3)nc3sc4c(c23)CCCC4)CC1. The molecule has 3 heterocycles. The summed E-state index contributed by atoms with van der Waals surface area (Å²) in [6.45, 7) is 4.82. The molecule has 1 fully saturated rings. The largest absolute Gasteiger partial charge is 0.352 e. The molecule has 0 saturated carbocycles. The van der Waals surface area contributed by atoms with E-state index in [0.29, 0.717) is 0 Å². The Labute approximate surface area is 169 Å². The van der Waals surface area contributed by atoms with Crippen molar-refractivity contribution in [1.82, 2.24) is 14.9 Å². The Kier molecular flexibility index (Phi) is 4.51. The average molecular weight is 393 g/mol. The Bertz CT molecular complexity index is 1020. The highest BCUT2D eigenvalue weighted by atomic mass is 32.1. The van der Waals surface area contributed by atoms with Crippen LogP contribution in [0.15, 0.2) is 30.3 Å². The highest BCUT2D eigenvalue weighted by Gasteiger charge is 2.26. The molecule has 1 aliphatic carbocycles. The van der Waals surface area contributed by atoms with Crippen LogP contribution < -0.4 is 4.90 Å². The van der Waals surface area contributed by atoms with Crippen molar-refractivity contribution in [2.45, 2.75) is 32.6 Å². The molecule has 2 aromatic heterocycles. The topological polar surface area (TPSA) is 49.3 Å². The normalized spacial score (nSPS) is 17.0. The maximum atomic E-state index is 11.7. The van der Waals surface area contributed by atoms with Gasteiger partial charge in [-0.15, -0.1) is 11.3 Å². The summed E-state index contributed by atoms with van der Waals surface area (Å²) in [5, 5.41) is 1.26. The number of thiophene rings is 1. The number of aryl methyl sites for hydroxylation is 2. The summed E-state index contributed by atoms with van der Waals surface area (Å²) in [4.78, 5) is 28.6. The minimum absolute atomic E-state index is 0.158. The van der Waals surface area contributed by atoms with Gasteiger partial charge < -0.3 is 9.80 Å². The average Bonchev–Trinajstić information content (AvgIpc) is 3.12. The quantitative estimate of drug-likeness (QED) is 0.664. The van der Waals surface area contributed by atoms with E-state index in [1.54, 1.807) is 6.92 Å². The van der Waals surface area contributed by atoms with Gasteiger partial charge in [-0.25, -0.2) is 9.97 Å². The van der Waals surface area contributed by atoms with Gasteiger partial charge in [0.05, 0.1) is 5.39 Å². The van der Waals surface area contributed by atoms with Crippen LogP contribution in [0.25, 0.3) is 21.6 Å². The first-order valence-electron chi connectivity index (χ1n) is 10.1. The van der Waals surface area contributed by atoms with Crippen LogP contribution in [0.2, 0.25) is 0 Å². The second kappa shape index (κ2) is 7.17. The number of aromatic nitrogens is 2. The first-order chi connectivity index (χ1) is 13.7. The third kappa shape index (κ3) is 3.05. The monoisotopic (exact) mass is 392 g/mol. The zero-order valence-electron chi connectivity index (χ0n) is 16.1. The summed E-state index contributed by atoms with van der Waals surface area (Å²) in [6, 6.07) is 10.2. The van der Waals surface area contributed by atoms with Gasteiger partial charge in [-0.1, -0.05) is 30.3 Å². The molecular formula is C22H24N4OS. The van der Waals surface area contributed by atoms with E-state index in [2.05, 4.69) is 17.0 Å². The first kappa shape index (κ1) is 17.6. The highest BCUT2D eigenvalue weighted by Crippen LogP contribution is 2.41. The van der Waals surface area contributed by atoms with Crippen LogP contribution in [-0.4, -0.2) is 47.0 Å². The maximum Gasteiger partial charge on any atom is 0.219 e. The van der Waals surface area contributed by atoms with E-state index in [9.17, 15) is 4.79 Å². The molecule has 0 N–H and O–H groups in total. The lowest BCUT2D eigenvalue weighted by atomic mass is 9.96. The van der Waals surface area contributed by atoms with Crippen LogP contribution in [0.5, 0.6) is 0 Å². The van der Waals surface area contributed by atoms with Crippen LogP contribution in [0.3, 0.4) is 0 Å². The van der Waals surface area contributed by atoms with E-state index in [-0.39, 0.29) is 5.91 Å². The fraction of sp³-hybridized carbons (Fsp3) is 0.409. The van der Waals surface area contributed by atoms with Gasteiger partial charge in [-0.05, 0) is 31.2 Å². The molecule has 5 nitrogen and oxygen atoms in total. The van der Waals surface area contributed by atoms with Crippen molar-refractivity contribution in [3.63, 3.8) is 0 Å². The number of rotatable bonds is 2. The molecule has 28 heavy (non-hydrogen) atoms. The molecule has 0 spiro atoms. The molecule has 0 atom stereocenters. The Balaban J connectivity index is 1.63. The minimum Gasteiger partial charge on any atom is -0.352 e. The number of carbonyl (C=O) groups excluding carboxylic acids is 1. The lowest BCUT2D eigenvalue weighted by Crippen LogP contribution is -2.48. The van der Waals surface area contributed by atoms with Gasteiger partial charge in [0.25, 0.3) is 0 Å². The molecule has 0 unspecified atom stereocenters. The van der Waals surface area contributed by atoms with E-state index >= 15 is 0 Å². The summed E-state index contributed by atoms with van der Waals surface area (Å²) in [6.07, 6.45) is 4.81. The van der Waals surface area contributed by atoms with Crippen molar-refractivity contribution in [3.05, 3.63) is 40.8 Å². The Hall–Kier alpha value is -2.47. The number of benzene rings is 1. The number of anilines is 1. The van der Waals surface area contributed by atoms with Gasteiger partial charge in [0.2, 0.25) is 5.91 Å². The molecule has 0 bridgehead atoms. The van der Waals surface area contributed by atoms with E-state index in [4.69, 9.17) is 9.97 Å². The summed E-state index contributed by atoms with van der Waals surface area (Å²) >= 11 is 1.85. The summed E-state index contributed by atoms with van der Waals surface area (Å²) in [7, 11) is 0. The highest BCUT2D eigenvalue weighted by molar-refractivity contribution is 7.19. The Morgan fingerprint density at radius 1 is 1.00 bits per heavy atom. The third-order valence-electron chi connectivity index (χ3n) is 5.85. The van der Waals surface area contributed by atoms with Gasteiger partial charge >= 0.3 is 0 Å². The van der Waals surface area contributed by atoms with Crippen LogP contribution >= 0.6 is 11.3 Å². The van der Waals surface area contributed by atoms with Crippen molar-refractivity contribution in [1.29, 1.82) is 0 Å². The van der Waals surface area contributed by atoms with Crippen LogP contribution in [0, 0.1) is 0 Å². The van der Waals surface area contributed by atoms with Crippen molar-refractivity contribution < 1.29 is 4.79 Å². The fourth-order valence-electron chi connectivity index (χ4n) is 4.32. The lowest BCUT2D eigenvalue weighted by molar-refractivity contribution is -0.129.